The van der Waals surface area contributed by atoms with E-state index < -0.39 is 22.0 Å². The van der Waals surface area contributed by atoms with Crippen LogP contribution >= 0.6 is 11.3 Å². The number of carbonyl (C=O) groups is 1. The molecule has 2 aromatic carbocycles. The summed E-state index contributed by atoms with van der Waals surface area (Å²) in [5.74, 6) is 0.421. The van der Waals surface area contributed by atoms with Gasteiger partial charge in [-0.2, -0.15) is 4.72 Å². The Morgan fingerprint density at radius 1 is 1.10 bits per heavy atom. The summed E-state index contributed by atoms with van der Waals surface area (Å²) in [4.78, 5) is 17.4. The predicted octanol–water partition coefficient (Wildman–Crippen LogP) is 3.32. The molecule has 164 valence electrons. The zero-order valence-electron chi connectivity index (χ0n) is 17.3. The van der Waals surface area contributed by atoms with E-state index in [2.05, 4.69) is 15.0 Å². The van der Waals surface area contributed by atoms with Crippen LogP contribution in [0.4, 0.5) is 5.69 Å². The molecule has 0 saturated heterocycles. The second kappa shape index (κ2) is 8.45. The molecule has 0 bridgehead atoms. The van der Waals surface area contributed by atoms with Crippen LogP contribution in [0, 0.1) is 12.8 Å². The van der Waals surface area contributed by atoms with Gasteiger partial charge in [-0.1, -0.05) is 13.8 Å². The molecule has 1 aromatic heterocycles. The molecular weight excluding hydrogens is 438 g/mol. The highest BCUT2D eigenvalue weighted by molar-refractivity contribution is 7.89. The van der Waals surface area contributed by atoms with E-state index in [1.54, 1.807) is 44.2 Å². The van der Waals surface area contributed by atoms with Crippen molar-refractivity contribution in [3.8, 4) is 11.5 Å². The van der Waals surface area contributed by atoms with Crippen LogP contribution in [0.5, 0.6) is 11.5 Å². The molecule has 2 heterocycles. The highest BCUT2D eigenvalue weighted by Crippen LogP contribution is 2.32. The topological polar surface area (TPSA) is 107 Å². The van der Waals surface area contributed by atoms with Crippen molar-refractivity contribution in [1.82, 2.24) is 9.71 Å². The molecular formula is C21H23N3O5S2. The van der Waals surface area contributed by atoms with Gasteiger partial charge in [-0.3, -0.25) is 4.79 Å². The van der Waals surface area contributed by atoms with Gasteiger partial charge >= 0.3 is 0 Å². The number of aromatic nitrogens is 1. The fourth-order valence-corrected chi connectivity index (χ4v) is 5.57. The molecule has 2 N–H and O–H groups in total. The largest absolute Gasteiger partial charge is 0.486 e. The molecule has 0 saturated carbocycles. The van der Waals surface area contributed by atoms with Crippen LogP contribution in [0.25, 0.3) is 10.2 Å². The van der Waals surface area contributed by atoms with Crippen LogP contribution in [-0.2, 0) is 14.8 Å². The minimum absolute atomic E-state index is 0.0985. The summed E-state index contributed by atoms with van der Waals surface area (Å²) >= 11 is 1.42. The fraction of sp³-hybridized carbons (Fsp3) is 0.333. The van der Waals surface area contributed by atoms with Gasteiger partial charge in [-0.05, 0) is 43.2 Å². The Labute approximate surface area is 184 Å². The molecule has 3 aromatic rings. The van der Waals surface area contributed by atoms with E-state index in [1.165, 1.54) is 17.4 Å². The summed E-state index contributed by atoms with van der Waals surface area (Å²) in [5, 5.41) is 3.63. The van der Waals surface area contributed by atoms with Gasteiger partial charge in [-0.15, -0.1) is 11.3 Å². The zero-order chi connectivity index (χ0) is 22.2. The average Bonchev–Trinajstić information content (AvgIpc) is 3.11. The molecule has 1 aliphatic heterocycles. The zero-order valence-corrected chi connectivity index (χ0v) is 19.0. The van der Waals surface area contributed by atoms with E-state index in [0.717, 1.165) is 15.2 Å². The minimum Gasteiger partial charge on any atom is -0.486 e. The Morgan fingerprint density at radius 3 is 2.58 bits per heavy atom. The molecule has 1 amide bonds. The first-order chi connectivity index (χ1) is 14.7. The van der Waals surface area contributed by atoms with E-state index in [1.807, 2.05) is 6.92 Å². The molecule has 1 unspecified atom stereocenters. The van der Waals surface area contributed by atoms with E-state index in [-0.39, 0.29) is 10.8 Å². The number of hydrogen-bond acceptors (Lipinski definition) is 7. The lowest BCUT2D eigenvalue weighted by Crippen LogP contribution is -2.47. The fourth-order valence-electron chi connectivity index (χ4n) is 3.26. The number of anilines is 1. The number of fused-ring (bicyclic) bond motifs is 2. The van der Waals surface area contributed by atoms with Gasteiger partial charge in [0.05, 0.1) is 20.1 Å². The molecule has 0 radical (unpaired) electrons. The number of rotatable bonds is 6. The lowest BCUT2D eigenvalue weighted by atomic mass is 10.0. The third-order valence-corrected chi connectivity index (χ3v) is 7.19. The first-order valence-corrected chi connectivity index (χ1v) is 12.1. The van der Waals surface area contributed by atoms with Crippen LogP contribution in [0.1, 0.15) is 18.9 Å². The number of aryl methyl sites for hydroxylation is 1. The van der Waals surface area contributed by atoms with Crippen LogP contribution in [0.15, 0.2) is 41.3 Å². The molecule has 0 spiro atoms. The normalized spacial score (nSPS) is 14.6. The molecule has 8 nitrogen and oxygen atoms in total. The number of amides is 1. The Kier molecular flexibility index (Phi) is 5.87. The molecule has 1 atom stereocenters. The molecule has 0 aliphatic carbocycles. The average molecular weight is 462 g/mol. The molecule has 4 rings (SSSR count). The lowest BCUT2D eigenvalue weighted by Gasteiger charge is -2.23. The van der Waals surface area contributed by atoms with Gasteiger partial charge in [0.2, 0.25) is 15.9 Å². The van der Waals surface area contributed by atoms with Crippen LogP contribution < -0.4 is 19.5 Å². The quantitative estimate of drug-likeness (QED) is 0.583. The number of nitrogens with one attached hydrogen (secondary N) is 2. The maximum Gasteiger partial charge on any atom is 0.242 e. The van der Waals surface area contributed by atoms with Gasteiger partial charge < -0.3 is 14.8 Å². The van der Waals surface area contributed by atoms with Crippen molar-refractivity contribution in [3.63, 3.8) is 0 Å². The maximum atomic E-state index is 13.0. The van der Waals surface area contributed by atoms with Crippen molar-refractivity contribution in [2.75, 3.05) is 18.5 Å². The first-order valence-electron chi connectivity index (χ1n) is 9.83. The van der Waals surface area contributed by atoms with Crippen molar-refractivity contribution in [2.45, 2.75) is 31.7 Å². The van der Waals surface area contributed by atoms with Crippen LogP contribution in [0.2, 0.25) is 0 Å². The SMILES string of the molecule is Cc1nc2ccc(S(=O)(=O)NC(C(=O)Nc3ccc4c(c3)OCCO4)C(C)C)cc2s1. The molecule has 0 fully saturated rings. The number of sulfonamides is 1. The number of thiazole rings is 1. The number of nitrogens with zero attached hydrogens (tertiary/aromatic N) is 1. The Morgan fingerprint density at radius 2 is 1.84 bits per heavy atom. The summed E-state index contributed by atoms with van der Waals surface area (Å²) < 4.78 is 40.4. The summed E-state index contributed by atoms with van der Waals surface area (Å²) in [6.07, 6.45) is 0. The molecule has 31 heavy (non-hydrogen) atoms. The van der Waals surface area contributed by atoms with Gasteiger partial charge in [0.1, 0.15) is 19.3 Å². The van der Waals surface area contributed by atoms with Crippen molar-refractivity contribution < 1.29 is 22.7 Å². The van der Waals surface area contributed by atoms with Crippen LogP contribution in [0.3, 0.4) is 0 Å². The summed E-state index contributed by atoms with van der Waals surface area (Å²) in [6.45, 7) is 6.35. The first kappa shape index (κ1) is 21.5. The van der Waals surface area contributed by atoms with E-state index >= 15 is 0 Å². The Balaban J connectivity index is 1.54. The van der Waals surface area contributed by atoms with Crippen molar-refractivity contribution in [2.24, 2.45) is 5.92 Å². The summed E-state index contributed by atoms with van der Waals surface area (Å²) in [6, 6.07) is 8.86. The van der Waals surface area contributed by atoms with Crippen LogP contribution in [-0.4, -0.2) is 38.6 Å². The van der Waals surface area contributed by atoms with E-state index in [9.17, 15) is 13.2 Å². The molecule has 10 heteroatoms. The Hall–Kier alpha value is -2.69. The highest BCUT2D eigenvalue weighted by atomic mass is 32.2. The molecule has 1 aliphatic rings. The second-order valence-electron chi connectivity index (χ2n) is 7.55. The number of ether oxygens (including phenoxy) is 2. The lowest BCUT2D eigenvalue weighted by molar-refractivity contribution is -0.118. The maximum absolute atomic E-state index is 13.0. The number of hydrogen-bond donors (Lipinski definition) is 2. The highest BCUT2D eigenvalue weighted by Gasteiger charge is 2.29. The van der Waals surface area contributed by atoms with E-state index in [0.29, 0.717) is 30.4 Å². The van der Waals surface area contributed by atoms with Crippen molar-refractivity contribution in [1.29, 1.82) is 0 Å². The van der Waals surface area contributed by atoms with Crippen molar-refractivity contribution in [3.05, 3.63) is 41.4 Å². The standard InChI is InChI=1S/C21H23N3O5S2/c1-12(2)20(21(25)23-14-4-7-17-18(10-14)29-9-8-28-17)24-31(26,27)15-5-6-16-19(11-15)30-13(3)22-16/h4-7,10-12,20,24H,8-9H2,1-3H3,(H,23,25). The monoisotopic (exact) mass is 461 g/mol. The third-order valence-electron chi connectivity index (χ3n) is 4.82. The third kappa shape index (κ3) is 4.65. The summed E-state index contributed by atoms with van der Waals surface area (Å²) in [5.41, 5.74) is 1.25. The Bertz CT molecular complexity index is 1240. The predicted molar refractivity (Wildman–Crippen MR) is 119 cm³/mol. The van der Waals surface area contributed by atoms with Gasteiger partial charge in [0, 0.05) is 11.8 Å². The summed E-state index contributed by atoms with van der Waals surface area (Å²) in [7, 11) is -3.92. The smallest absolute Gasteiger partial charge is 0.242 e. The van der Waals surface area contributed by atoms with E-state index in [4.69, 9.17) is 9.47 Å². The van der Waals surface area contributed by atoms with Gasteiger partial charge in [-0.25, -0.2) is 13.4 Å². The number of carbonyl (C=O) groups excluding carboxylic acids is 1. The van der Waals surface area contributed by atoms with Gasteiger partial charge in [0.25, 0.3) is 0 Å². The van der Waals surface area contributed by atoms with Crippen molar-refractivity contribution >= 4 is 43.2 Å². The van der Waals surface area contributed by atoms with Gasteiger partial charge in [0.15, 0.2) is 11.5 Å². The second-order valence-corrected chi connectivity index (χ2v) is 10.5. The minimum atomic E-state index is -3.92. The number of benzene rings is 2.